The molecule has 0 amide bonds. The second-order valence-electron chi connectivity index (χ2n) is 5.28. The van der Waals surface area contributed by atoms with Gasteiger partial charge < -0.3 is 13.9 Å². The van der Waals surface area contributed by atoms with Crippen LogP contribution in [0, 0.1) is 10.1 Å². The minimum Gasteiger partial charge on any atom is -0.423 e. The van der Waals surface area contributed by atoms with Gasteiger partial charge in [-0.25, -0.2) is 4.79 Å². The number of benzene rings is 1. The van der Waals surface area contributed by atoms with E-state index in [0.717, 1.165) is 0 Å². The monoisotopic (exact) mass is 291 g/mol. The molecule has 1 aliphatic rings. The Labute approximate surface area is 119 Å². The molecule has 1 aromatic heterocycles. The van der Waals surface area contributed by atoms with Crippen molar-refractivity contribution in [1.29, 1.82) is 0 Å². The summed E-state index contributed by atoms with van der Waals surface area (Å²) in [5.41, 5.74) is 0.224. The highest BCUT2D eigenvalue weighted by molar-refractivity contribution is 5.83. The Bertz CT molecular complexity index is 779. The summed E-state index contributed by atoms with van der Waals surface area (Å²) in [6, 6.07) is 5.38. The zero-order valence-corrected chi connectivity index (χ0v) is 11.5. The summed E-state index contributed by atoms with van der Waals surface area (Å²) < 4.78 is 16.3. The molecule has 0 N–H and O–H groups in total. The molecule has 7 heteroatoms. The van der Waals surface area contributed by atoms with Gasteiger partial charge in [0, 0.05) is 29.1 Å². The van der Waals surface area contributed by atoms with Gasteiger partial charge in [-0.2, -0.15) is 0 Å². The molecule has 7 nitrogen and oxygen atoms in total. The van der Waals surface area contributed by atoms with Crippen LogP contribution >= 0.6 is 0 Å². The van der Waals surface area contributed by atoms with E-state index in [1.54, 1.807) is 13.8 Å². The minimum atomic E-state index is -0.756. The third-order valence-electron chi connectivity index (χ3n) is 3.32. The molecule has 1 fully saturated rings. The lowest BCUT2D eigenvalue weighted by atomic mass is 10.0. The molecule has 3 rings (SSSR count). The predicted octanol–water partition coefficient (Wildman–Crippen LogP) is 2.53. The van der Waals surface area contributed by atoms with Gasteiger partial charge >= 0.3 is 5.63 Å². The lowest BCUT2D eigenvalue weighted by molar-refractivity contribution is -0.384. The SMILES string of the molecule is CC1(C)OC[C@H](c2cc(=O)oc3ccc([N+](=O)[O-])cc23)O1. The van der Waals surface area contributed by atoms with Gasteiger partial charge in [0.25, 0.3) is 5.69 Å². The zero-order chi connectivity index (χ0) is 15.2. The Morgan fingerprint density at radius 1 is 1.33 bits per heavy atom. The standard InChI is InChI=1S/C14H13NO6/c1-14(2)19-7-12(21-14)10-6-13(16)20-11-4-3-8(15(17)18)5-9(10)11/h3-6,12H,7H2,1-2H3/t12-/m1/s1. The molecule has 1 atom stereocenters. The second kappa shape index (κ2) is 4.64. The normalized spacial score (nSPS) is 20.8. The smallest absolute Gasteiger partial charge is 0.336 e. The first-order chi connectivity index (χ1) is 9.85. The summed E-state index contributed by atoms with van der Waals surface area (Å²) in [7, 11) is 0. The molecule has 110 valence electrons. The quantitative estimate of drug-likeness (QED) is 0.479. The van der Waals surface area contributed by atoms with E-state index in [9.17, 15) is 14.9 Å². The first-order valence-corrected chi connectivity index (χ1v) is 6.40. The summed E-state index contributed by atoms with van der Waals surface area (Å²) in [4.78, 5) is 22.1. The van der Waals surface area contributed by atoms with E-state index in [2.05, 4.69) is 0 Å². The molecule has 2 aromatic rings. The Kier molecular flexibility index (Phi) is 3.03. The van der Waals surface area contributed by atoms with Gasteiger partial charge in [-0.05, 0) is 19.9 Å². The number of hydrogen-bond donors (Lipinski definition) is 0. The fourth-order valence-electron chi connectivity index (χ4n) is 2.40. The number of nitrogens with zero attached hydrogens (tertiary/aromatic N) is 1. The van der Waals surface area contributed by atoms with Crippen LogP contribution in [0.4, 0.5) is 5.69 Å². The lowest BCUT2D eigenvalue weighted by Crippen LogP contribution is -2.19. The fraction of sp³-hybridized carbons (Fsp3) is 0.357. The van der Waals surface area contributed by atoms with Gasteiger partial charge in [0.05, 0.1) is 11.5 Å². The van der Waals surface area contributed by atoms with Crippen molar-refractivity contribution in [3.8, 4) is 0 Å². The molecule has 0 saturated carbocycles. The summed E-state index contributed by atoms with van der Waals surface area (Å²) in [5, 5.41) is 11.4. The van der Waals surface area contributed by atoms with Crippen molar-refractivity contribution in [2.45, 2.75) is 25.7 Å². The lowest BCUT2D eigenvalue weighted by Gasteiger charge is -2.17. The van der Waals surface area contributed by atoms with E-state index >= 15 is 0 Å². The molecule has 1 saturated heterocycles. The predicted molar refractivity (Wildman–Crippen MR) is 73.0 cm³/mol. The Hall–Kier alpha value is -2.25. The van der Waals surface area contributed by atoms with Crippen molar-refractivity contribution in [3.63, 3.8) is 0 Å². The fourth-order valence-corrected chi connectivity index (χ4v) is 2.40. The van der Waals surface area contributed by atoms with Gasteiger partial charge in [-0.3, -0.25) is 10.1 Å². The van der Waals surface area contributed by atoms with E-state index in [1.165, 1.54) is 24.3 Å². The van der Waals surface area contributed by atoms with Crippen LogP contribution in [0.1, 0.15) is 25.5 Å². The van der Waals surface area contributed by atoms with Crippen molar-refractivity contribution >= 4 is 16.7 Å². The summed E-state index contributed by atoms with van der Waals surface area (Å²) in [6.45, 7) is 3.81. The third-order valence-corrected chi connectivity index (χ3v) is 3.32. The molecule has 0 unspecified atom stereocenters. The molecule has 1 aromatic carbocycles. The number of hydrogen-bond acceptors (Lipinski definition) is 6. The van der Waals surface area contributed by atoms with Crippen molar-refractivity contribution in [1.82, 2.24) is 0 Å². The maximum absolute atomic E-state index is 11.6. The van der Waals surface area contributed by atoms with Gasteiger partial charge in [-0.1, -0.05) is 0 Å². The van der Waals surface area contributed by atoms with E-state index in [4.69, 9.17) is 13.9 Å². The first kappa shape index (κ1) is 13.7. The highest BCUT2D eigenvalue weighted by Gasteiger charge is 2.35. The van der Waals surface area contributed by atoms with Crippen LogP contribution in [-0.4, -0.2) is 17.3 Å². The van der Waals surface area contributed by atoms with Crippen LogP contribution in [0.2, 0.25) is 0 Å². The molecule has 0 bridgehead atoms. The number of non-ortho nitro benzene ring substituents is 1. The molecule has 1 aliphatic heterocycles. The Morgan fingerprint density at radius 3 is 2.71 bits per heavy atom. The molecular formula is C14H13NO6. The van der Waals surface area contributed by atoms with E-state index in [-0.39, 0.29) is 17.9 Å². The van der Waals surface area contributed by atoms with Crippen LogP contribution in [0.5, 0.6) is 0 Å². The average Bonchev–Trinajstić information content (AvgIpc) is 2.77. The Morgan fingerprint density at radius 2 is 2.10 bits per heavy atom. The van der Waals surface area contributed by atoms with Crippen molar-refractivity contribution in [2.75, 3.05) is 6.61 Å². The average molecular weight is 291 g/mol. The summed E-state index contributed by atoms with van der Waals surface area (Å²) in [6.07, 6.45) is -0.464. The van der Waals surface area contributed by atoms with E-state index in [1.807, 2.05) is 0 Å². The minimum absolute atomic E-state index is 0.0734. The highest BCUT2D eigenvalue weighted by atomic mass is 16.7. The topological polar surface area (TPSA) is 91.8 Å². The van der Waals surface area contributed by atoms with Gasteiger partial charge in [0.15, 0.2) is 5.79 Å². The zero-order valence-electron chi connectivity index (χ0n) is 11.5. The molecule has 0 aliphatic carbocycles. The maximum Gasteiger partial charge on any atom is 0.336 e. The molecule has 0 radical (unpaired) electrons. The number of rotatable bonds is 2. The summed E-state index contributed by atoms with van der Waals surface area (Å²) in [5.74, 6) is -0.756. The van der Waals surface area contributed by atoms with Gasteiger partial charge in [0.2, 0.25) is 0 Å². The third kappa shape index (κ3) is 2.53. The molecule has 21 heavy (non-hydrogen) atoms. The van der Waals surface area contributed by atoms with Crippen LogP contribution in [0.3, 0.4) is 0 Å². The molecule has 0 spiro atoms. The number of nitro groups is 1. The van der Waals surface area contributed by atoms with Crippen molar-refractivity contribution in [3.05, 3.63) is 50.4 Å². The molecular weight excluding hydrogens is 278 g/mol. The molecule has 2 heterocycles. The second-order valence-corrected chi connectivity index (χ2v) is 5.28. The largest absolute Gasteiger partial charge is 0.423 e. The van der Waals surface area contributed by atoms with Gasteiger partial charge in [0.1, 0.15) is 11.7 Å². The number of nitro benzene ring substituents is 1. The maximum atomic E-state index is 11.6. The first-order valence-electron chi connectivity index (χ1n) is 6.40. The number of ether oxygens (including phenoxy) is 2. The Balaban J connectivity index is 2.18. The van der Waals surface area contributed by atoms with Crippen molar-refractivity contribution in [2.24, 2.45) is 0 Å². The summed E-state index contributed by atoms with van der Waals surface area (Å²) >= 11 is 0. The van der Waals surface area contributed by atoms with Crippen LogP contribution in [-0.2, 0) is 9.47 Å². The van der Waals surface area contributed by atoms with Crippen molar-refractivity contribution < 1.29 is 18.8 Å². The van der Waals surface area contributed by atoms with Crippen LogP contribution in [0.25, 0.3) is 11.0 Å². The van der Waals surface area contributed by atoms with Crippen LogP contribution in [0.15, 0.2) is 33.5 Å². The van der Waals surface area contributed by atoms with Gasteiger partial charge in [-0.15, -0.1) is 0 Å². The number of fused-ring (bicyclic) bond motifs is 1. The van der Waals surface area contributed by atoms with E-state index < -0.39 is 22.4 Å². The van der Waals surface area contributed by atoms with Crippen LogP contribution < -0.4 is 5.63 Å². The highest BCUT2D eigenvalue weighted by Crippen LogP contribution is 2.36. The van der Waals surface area contributed by atoms with E-state index in [0.29, 0.717) is 10.9 Å².